The van der Waals surface area contributed by atoms with Crippen LogP contribution in [0.15, 0.2) is 197 Å². The molecular weight excluding hydrogens is 723 g/mol. The number of rotatable bonds is 4. The quantitative estimate of drug-likeness (QED) is 0.180. The minimum Gasteiger partial charge on any atom is -0.455 e. The highest BCUT2D eigenvalue weighted by atomic mass is 16.3. The second-order valence-electron chi connectivity index (χ2n) is 15.3. The first kappa shape index (κ1) is 32.1. The molecule has 59 heavy (non-hydrogen) atoms. The van der Waals surface area contributed by atoms with Gasteiger partial charge in [-0.1, -0.05) is 146 Å². The fourth-order valence-corrected chi connectivity index (χ4v) is 9.41. The van der Waals surface area contributed by atoms with Crippen LogP contribution >= 0.6 is 0 Å². The molecule has 0 saturated carbocycles. The summed E-state index contributed by atoms with van der Waals surface area (Å²) in [7, 11) is 0. The van der Waals surface area contributed by atoms with Crippen LogP contribution in [-0.2, 0) is 0 Å². The van der Waals surface area contributed by atoms with Crippen molar-refractivity contribution in [2.24, 2.45) is 0 Å². The number of hydrogen-bond donors (Lipinski definition) is 0. The van der Waals surface area contributed by atoms with Gasteiger partial charge < -0.3 is 8.83 Å². The minimum atomic E-state index is 0.608. The van der Waals surface area contributed by atoms with Crippen molar-refractivity contribution in [3.8, 4) is 39.5 Å². The molecule has 0 bridgehead atoms. The first-order valence-corrected chi connectivity index (χ1v) is 19.9. The summed E-state index contributed by atoms with van der Waals surface area (Å²) in [6.45, 7) is 0. The van der Waals surface area contributed by atoms with Crippen LogP contribution in [0.5, 0.6) is 0 Å². The Labute approximate surface area is 337 Å². The van der Waals surface area contributed by atoms with Crippen LogP contribution < -0.4 is 0 Å². The Morgan fingerprint density at radius 2 is 1.03 bits per heavy atom. The van der Waals surface area contributed by atoms with Crippen molar-refractivity contribution in [3.05, 3.63) is 188 Å². The zero-order valence-corrected chi connectivity index (χ0v) is 31.6. The van der Waals surface area contributed by atoms with E-state index in [2.05, 4.69) is 168 Å². The molecule has 9 aromatic carbocycles. The molecule has 0 N–H and O–H groups in total. The number of fused-ring (bicyclic) bond motifs is 13. The summed E-state index contributed by atoms with van der Waals surface area (Å²) in [5, 5.41) is 9.77. The van der Waals surface area contributed by atoms with Gasteiger partial charge in [-0.3, -0.25) is 4.57 Å². The molecule has 274 valence electrons. The third-order valence-electron chi connectivity index (χ3n) is 12.0. The largest absolute Gasteiger partial charge is 0.455 e. The van der Waals surface area contributed by atoms with Gasteiger partial charge in [0.1, 0.15) is 22.3 Å². The Bertz CT molecular complexity index is 3850. The number of nitrogens with zero attached hydrogens (tertiary/aromatic N) is 3. The second-order valence-corrected chi connectivity index (χ2v) is 15.3. The average Bonchev–Trinajstić information content (AvgIpc) is 3.98. The molecule has 0 amide bonds. The smallest absolute Gasteiger partial charge is 0.235 e. The number of hydrogen-bond acceptors (Lipinski definition) is 4. The van der Waals surface area contributed by atoms with Crippen molar-refractivity contribution in [3.63, 3.8) is 0 Å². The molecular formula is C54H31N3O2. The summed E-state index contributed by atoms with van der Waals surface area (Å²) >= 11 is 0. The number of aromatic nitrogens is 3. The van der Waals surface area contributed by atoms with E-state index in [4.69, 9.17) is 18.8 Å². The van der Waals surface area contributed by atoms with E-state index in [0.717, 1.165) is 121 Å². The molecule has 0 radical (unpaired) electrons. The third kappa shape index (κ3) is 4.67. The number of furan rings is 2. The van der Waals surface area contributed by atoms with Gasteiger partial charge in [-0.2, -0.15) is 0 Å². The van der Waals surface area contributed by atoms with Gasteiger partial charge in [0.15, 0.2) is 0 Å². The van der Waals surface area contributed by atoms with Gasteiger partial charge in [0.25, 0.3) is 0 Å². The van der Waals surface area contributed by atoms with E-state index >= 15 is 0 Å². The van der Waals surface area contributed by atoms with Gasteiger partial charge in [0.05, 0.1) is 27.6 Å². The molecule has 0 atom stereocenters. The lowest BCUT2D eigenvalue weighted by molar-refractivity contribution is 0.669. The van der Waals surface area contributed by atoms with Crippen molar-refractivity contribution in [1.82, 2.24) is 14.5 Å². The van der Waals surface area contributed by atoms with E-state index in [9.17, 15) is 0 Å². The lowest BCUT2D eigenvalue weighted by atomic mass is 9.93. The number of benzene rings is 9. The van der Waals surface area contributed by atoms with Crippen molar-refractivity contribution in [2.75, 3.05) is 0 Å². The molecule has 0 spiro atoms. The molecule has 0 unspecified atom stereocenters. The zero-order chi connectivity index (χ0) is 38.6. The highest BCUT2D eigenvalue weighted by Crippen LogP contribution is 2.46. The van der Waals surface area contributed by atoms with Crippen LogP contribution in [0.2, 0.25) is 0 Å². The van der Waals surface area contributed by atoms with Crippen molar-refractivity contribution < 1.29 is 8.83 Å². The highest BCUT2D eigenvalue weighted by molar-refractivity contribution is 6.29. The Balaban J connectivity index is 1.07. The van der Waals surface area contributed by atoms with Gasteiger partial charge in [0.2, 0.25) is 5.95 Å². The average molecular weight is 754 g/mol. The van der Waals surface area contributed by atoms with Gasteiger partial charge in [0, 0.05) is 43.4 Å². The summed E-state index contributed by atoms with van der Waals surface area (Å²) in [6.07, 6.45) is 0. The molecule has 4 aromatic heterocycles. The van der Waals surface area contributed by atoms with E-state index in [0.29, 0.717) is 5.95 Å². The lowest BCUT2D eigenvalue weighted by Gasteiger charge is -2.12. The Morgan fingerprint density at radius 3 is 1.93 bits per heavy atom. The van der Waals surface area contributed by atoms with Crippen LogP contribution in [0.1, 0.15) is 0 Å². The van der Waals surface area contributed by atoms with E-state index in [1.54, 1.807) is 0 Å². The van der Waals surface area contributed by atoms with E-state index < -0.39 is 0 Å². The maximum Gasteiger partial charge on any atom is 0.235 e. The fraction of sp³-hybridized carbons (Fsp3) is 0. The molecule has 0 aliphatic carbocycles. The van der Waals surface area contributed by atoms with Gasteiger partial charge >= 0.3 is 0 Å². The Morgan fingerprint density at radius 1 is 0.356 bits per heavy atom. The monoisotopic (exact) mass is 753 g/mol. The summed E-state index contributed by atoms with van der Waals surface area (Å²) in [5.74, 6) is 0.608. The predicted octanol–water partition coefficient (Wildman–Crippen LogP) is 14.7. The van der Waals surface area contributed by atoms with Crippen molar-refractivity contribution in [1.29, 1.82) is 0 Å². The second kappa shape index (κ2) is 12.2. The van der Waals surface area contributed by atoms with Crippen LogP contribution in [0.4, 0.5) is 0 Å². The Kier molecular flexibility index (Phi) is 6.66. The fourth-order valence-electron chi connectivity index (χ4n) is 9.41. The number of para-hydroxylation sites is 4. The summed E-state index contributed by atoms with van der Waals surface area (Å²) in [5.41, 5.74) is 12.6. The van der Waals surface area contributed by atoms with Gasteiger partial charge in [-0.05, 0) is 69.9 Å². The molecule has 0 fully saturated rings. The topological polar surface area (TPSA) is 57.0 Å². The molecule has 0 aliphatic heterocycles. The van der Waals surface area contributed by atoms with Crippen molar-refractivity contribution in [2.45, 2.75) is 0 Å². The SMILES string of the molecule is c1ccc(-c2cccc(-c3nc(-n4c5ccccc5c5c6oc7cc(-c8cccc9c8oc8ccccc89)c8ccccc8c7c6ccc54)nc4ccccc34)c2)cc1. The van der Waals surface area contributed by atoms with Gasteiger partial charge in [-0.25, -0.2) is 9.97 Å². The normalized spacial score (nSPS) is 12.1. The van der Waals surface area contributed by atoms with Crippen molar-refractivity contribution >= 4 is 87.4 Å². The summed E-state index contributed by atoms with van der Waals surface area (Å²) < 4.78 is 15.8. The molecule has 13 rings (SSSR count). The third-order valence-corrected chi connectivity index (χ3v) is 12.0. The lowest BCUT2D eigenvalue weighted by Crippen LogP contribution is -2.03. The molecule has 5 heteroatoms. The zero-order valence-electron chi connectivity index (χ0n) is 31.6. The van der Waals surface area contributed by atoms with Crippen LogP contribution in [0.25, 0.3) is 127 Å². The first-order chi connectivity index (χ1) is 29.3. The van der Waals surface area contributed by atoms with Crippen LogP contribution in [0.3, 0.4) is 0 Å². The summed E-state index contributed by atoms with van der Waals surface area (Å²) in [6, 6.07) is 65.8. The first-order valence-electron chi connectivity index (χ1n) is 19.9. The van der Waals surface area contributed by atoms with E-state index in [-0.39, 0.29) is 0 Å². The summed E-state index contributed by atoms with van der Waals surface area (Å²) in [4.78, 5) is 10.7. The Hall–Kier alpha value is -8.02. The minimum absolute atomic E-state index is 0.608. The standard InChI is InChI=1S/C54H31N3O2/c1-2-14-32(15-3-1)33-16-12-17-34(30-33)51-40-21-6-9-25-44(40)55-54(56-51)57-45-26-10-7-22-41(45)50-46(57)29-28-42-49-37-20-5-4-18-35(37)43(31-48(49)59-53(42)50)39-24-13-23-38-36-19-8-11-27-47(36)58-52(38)39/h1-31H. The molecule has 5 nitrogen and oxygen atoms in total. The highest BCUT2D eigenvalue weighted by Gasteiger charge is 2.24. The molecule has 13 aromatic rings. The predicted molar refractivity (Wildman–Crippen MR) is 242 cm³/mol. The maximum absolute atomic E-state index is 7.10. The van der Waals surface area contributed by atoms with E-state index in [1.807, 2.05) is 24.3 Å². The van der Waals surface area contributed by atoms with Crippen LogP contribution in [-0.4, -0.2) is 14.5 Å². The molecule has 0 saturated heterocycles. The molecule has 4 heterocycles. The van der Waals surface area contributed by atoms with E-state index in [1.165, 1.54) is 0 Å². The van der Waals surface area contributed by atoms with Gasteiger partial charge in [-0.15, -0.1) is 0 Å². The van der Waals surface area contributed by atoms with Crippen LogP contribution in [0, 0.1) is 0 Å². The maximum atomic E-state index is 7.10. The molecule has 0 aliphatic rings.